The van der Waals surface area contributed by atoms with Crippen molar-refractivity contribution >= 4 is 17.6 Å². The van der Waals surface area contributed by atoms with E-state index >= 15 is 0 Å². The first-order chi connectivity index (χ1) is 15.0. The minimum Gasteiger partial charge on any atom is -0.496 e. The summed E-state index contributed by atoms with van der Waals surface area (Å²) in [7, 11) is 1.48. The summed E-state index contributed by atoms with van der Waals surface area (Å²) in [5, 5.41) is 10.2. The number of benzene rings is 3. The maximum absolute atomic E-state index is 12.6. The van der Waals surface area contributed by atoms with E-state index in [0.29, 0.717) is 27.6 Å². The van der Waals surface area contributed by atoms with E-state index in [4.69, 9.17) is 31.5 Å². The maximum atomic E-state index is 12.6. The molecule has 1 heterocycles. The molecule has 0 radical (unpaired) electrons. The topological polar surface area (TPSA) is 94.6 Å². The van der Waals surface area contributed by atoms with E-state index in [2.05, 4.69) is 6.07 Å². The minimum absolute atomic E-state index is 0.00631. The quantitative estimate of drug-likeness (QED) is 0.470. The fourth-order valence-corrected chi connectivity index (χ4v) is 3.70. The number of ether oxygens (including phenoxy) is 3. The number of hydrogen-bond donors (Lipinski definition) is 1. The third-order valence-electron chi connectivity index (χ3n) is 4.91. The molecule has 4 rings (SSSR count). The number of hydrogen-bond acceptors (Lipinski definition) is 6. The van der Waals surface area contributed by atoms with Crippen LogP contribution in [0.15, 0.2) is 78.2 Å². The molecule has 1 aliphatic rings. The number of halogens is 1. The van der Waals surface area contributed by atoms with Gasteiger partial charge in [-0.3, -0.25) is 0 Å². The maximum Gasteiger partial charge on any atom is 0.347 e. The van der Waals surface area contributed by atoms with E-state index in [0.717, 1.165) is 5.56 Å². The number of para-hydroxylation sites is 1. The molecule has 6 nitrogen and oxygen atoms in total. The van der Waals surface area contributed by atoms with Crippen LogP contribution in [0.2, 0.25) is 5.02 Å². The molecule has 0 saturated carbocycles. The first-order valence-corrected chi connectivity index (χ1v) is 9.71. The molecular formula is C24H17ClN2O4. The number of fused-ring (bicyclic) bond motifs is 1. The van der Waals surface area contributed by atoms with Gasteiger partial charge < -0.3 is 19.9 Å². The molecule has 1 unspecified atom stereocenters. The Bertz CT molecular complexity index is 1250. The van der Waals surface area contributed by atoms with E-state index in [1.165, 1.54) is 7.11 Å². The van der Waals surface area contributed by atoms with Gasteiger partial charge in [-0.25, -0.2) is 4.79 Å². The molecule has 1 atom stereocenters. The van der Waals surface area contributed by atoms with Gasteiger partial charge in [0.05, 0.1) is 13.0 Å². The van der Waals surface area contributed by atoms with Crippen molar-refractivity contribution < 1.29 is 19.0 Å². The first kappa shape index (κ1) is 20.3. The second kappa shape index (κ2) is 8.42. The van der Waals surface area contributed by atoms with Crippen molar-refractivity contribution in [3.8, 4) is 23.3 Å². The summed E-state index contributed by atoms with van der Waals surface area (Å²) < 4.78 is 16.4. The number of nitriles is 1. The second-order valence-corrected chi connectivity index (χ2v) is 7.21. The third-order valence-corrected chi connectivity index (χ3v) is 5.15. The Morgan fingerprint density at radius 1 is 1.13 bits per heavy atom. The van der Waals surface area contributed by atoms with Crippen LogP contribution in [0.1, 0.15) is 27.4 Å². The van der Waals surface area contributed by atoms with Crippen molar-refractivity contribution in [2.24, 2.45) is 5.73 Å². The Hall–Kier alpha value is -3.95. The monoisotopic (exact) mass is 432 g/mol. The van der Waals surface area contributed by atoms with Crippen molar-refractivity contribution in [3.63, 3.8) is 0 Å². The van der Waals surface area contributed by atoms with Gasteiger partial charge in [-0.1, -0.05) is 41.9 Å². The molecular weight excluding hydrogens is 416 g/mol. The fraction of sp³-hybridized carbons (Fsp3) is 0.0833. The number of nitrogens with two attached hydrogens (primary N) is 1. The van der Waals surface area contributed by atoms with Gasteiger partial charge in [0.25, 0.3) is 0 Å². The van der Waals surface area contributed by atoms with Crippen LogP contribution in [-0.4, -0.2) is 13.1 Å². The van der Waals surface area contributed by atoms with Gasteiger partial charge in [-0.05, 0) is 35.9 Å². The highest BCUT2D eigenvalue weighted by molar-refractivity contribution is 6.30. The molecule has 0 spiro atoms. The van der Waals surface area contributed by atoms with E-state index in [9.17, 15) is 10.1 Å². The van der Waals surface area contributed by atoms with Crippen LogP contribution in [0.5, 0.6) is 17.2 Å². The van der Waals surface area contributed by atoms with Crippen molar-refractivity contribution in [3.05, 3.63) is 99.9 Å². The average Bonchev–Trinajstić information content (AvgIpc) is 2.78. The highest BCUT2D eigenvalue weighted by Crippen LogP contribution is 2.43. The molecule has 154 valence electrons. The lowest BCUT2D eigenvalue weighted by atomic mass is 9.83. The normalized spacial score (nSPS) is 14.8. The lowest BCUT2D eigenvalue weighted by molar-refractivity contribution is 0.0731. The van der Waals surface area contributed by atoms with Crippen molar-refractivity contribution in [1.82, 2.24) is 0 Å². The summed E-state index contributed by atoms with van der Waals surface area (Å²) in [6, 6.07) is 21.1. The van der Waals surface area contributed by atoms with Crippen LogP contribution >= 0.6 is 11.6 Å². The summed E-state index contributed by atoms with van der Waals surface area (Å²) in [4.78, 5) is 12.6. The number of carbonyl (C=O) groups excluding carboxylic acids is 1. The molecule has 0 bridgehead atoms. The first-order valence-electron chi connectivity index (χ1n) is 9.34. The van der Waals surface area contributed by atoms with Crippen LogP contribution in [0.25, 0.3) is 0 Å². The summed E-state index contributed by atoms with van der Waals surface area (Å²) in [5.41, 5.74) is 8.13. The number of methoxy groups -OCH3 is 1. The Kier molecular flexibility index (Phi) is 5.52. The fourth-order valence-electron chi connectivity index (χ4n) is 3.50. The number of esters is 1. The molecule has 0 saturated heterocycles. The molecule has 1 aliphatic heterocycles. The third kappa shape index (κ3) is 3.91. The molecule has 0 aliphatic carbocycles. The van der Waals surface area contributed by atoms with Crippen LogP contribution in [0.4, 0.5) is 0 Å². The lowest BCUT2D eigenvalue weighted by Gasteiger charge is -2.26. The molecule has 3 aromatic rings. The molecule has 0 amide bonds. The zero-order chi connectivity index (χ0) is 22.0. The smallest absolute Gasteiger partial charge is 0.347 e. The van der Waals surface area contributed by atoms with Gasteiger partial charge in [0.1, 0.15) is 34.5 Å². The highest BCUT2D eigenvalue weighted by Gasteiger charge is 2.31. The number of nitrogens with zero attached hydrogens (tertiary/aromatic N) is 1. The number of rotatable bonds is 4. The van der Waals surface area contributed by atoms with Crippen LogP contribution in [0.3, 0.4) is 0 Å². The average molecular weight is 433 g/mol. The predicted octanol–water partition coefficient (Wildman–Crippen LogP) is 4.79. The predicted molar refractivity (Wildman–Crippen MR) is 115 cm³/mol. The Balaban J connectivity index is 1.70. The van der Waals surface area contributed by atoms with Crippen LogP contribution < -0.4 is 19.9 Å². The summed E-state index contributed by atoms with van der Waals surface area (Å²) in [6.45, 7) is 0. The van der Waals surface area contributed by atoms with Crippen molar-refractivity contribution in [2.45, 2.75) is 5.92 Å². The second-order valence-electron chi connectivity index (χ2n) is 6.77. The Labute approximate surface area is 184 Å². The van der Waals surface area contributed by atoms with E-state index < -0.39 is 11.9 Å². The SMILES string of the molecule is COc1ccccc1C(=O)Oc1ccc2c(c1)OC(N)=C(C#N)C2c1cccc(Cl)c1. The summed E-state index contributed by atoms with van der Waals surface area (Å²) in [5.74, 6) is 0.0495. The standard InChI is InChI=1S/C24H17ClN2O4/c1-29-20-8-3-2-7-18(20)24(28)30-16-9-10-17-21(12-16)31-23(27)19(13-26)22(17)14-5-4-6-15(25)11-14/h2-12,22H,27H2,1H3. The van der Waals surface area contributed by atoms with Gasteiger partial charge in [0.15, 0.2) is 0 Å². The minimum atomic E-state index is -0.569. The molecule has 0 aromatic heterocycles. The highest BCUT2D eigenvalue weighted by atomic mass is 35.5. The molecule has 31 heavy (non-hydrogen) atoms. The van der Waals surface area contributed by atoms with Gasteiger partial charge in [-0.15, -0.1) is 0 Å². The van der Waals surface area contributed by atoms with Gasteiger partial charge in [0.2, 0.25) is 5.88 Å². The van der Waals surface area contributed by atoms with Crippen molar-refractivity contribution in [1.29, 1.82) is 5.26 Å². The lowest BCUT2D eigenvalue weighted by Crippen LogP contribution is -2.21. The van der Waals surface area contributed by atoms with Crippen LogP contribution in [-0.2, 0) is 0 Å². The zero-order valence-corrected chi connectivity index (χ0v) is 17.2. The molecule has 7 heteroatoms. The molecule has 0 fully saturated rings. The van der Waals surface area contributed by atoms with Crippen molar-refractivity contribution in [2.75, 3.05) is 7.11 Å². The molecule has 2 N–H and O–H groups in total. The molecule has 3 aromatic carbocycles. The summed E-state index contributed by atoms with van der Waals surface area (Å²) >= 11 is 6.15. The number of carbonyl (C=O) groups is 1. The van der Waals surface area contributed by atoms with E-state index in [-0.39, 0.29) is 17.2 Å². The largest absolute Gasteiger partial charge is 0.496 e. The number of allylic oxidation sites excluding steroid dienone is 1. The van der Waals surface area contributed by atoms with Gasteiger partial charge in [0, 0.05) is 16.7 Å². The van der Waals surface area contributed by atoms with Crippen LogP contribution in [0, 0.1) is 11.3 Å². The Morgan fingerprint density at radius 2 is 1.94 bits per heavy atom. The summed E-state index contributed by atoms with van der Waals surface area (Å²) in [6.07, 6.45) is 0. The van der Waals surface area contributed by atoms with E-state index in [1.807, 2.05) is 6.07 Å². The van der Waals surface area contributed by atoms with Gasteiger partial charge >= 0.3 is 5.97 Å². The van der Waals surface area contributed by atoms with Gasteiger partial charge in [-0.2, -0.15) is 5.26 Å². The zero-order valence-electron chi connectivity index (χ0n) is 16.5. The Morgan fingerprint density at radius 3 is 2.68 bits per heavy atom. The van der Waals surface area contributed by atoms with E-state index in [1.54, 1.807) is 60.7 Å².